The highest BCUT2D eigenvalue weighted by molar-refractivity contribution is 5.95. The van der Waals surface area contributed by atoms with E-state index in [1.807, 2.05) is 0 Å². The summed E-state index contributed by atoms with van der Waals surface area (Å²) in [7, 11) is 0. The average Bonchev–Trinajstić information content (AvgIpc) is 3.31. The van der Waals surface area contributed by atoms with Crippen LogP contribution in [0.1, 0.15) is 47.2 Å². The van der Waals surface area contributed by atoms with Gasteiger partial charge in [-0.3, -0.25) is 0 Å². The number of fused-ring (bicyclic) bond motifs is 5. The summed E-state index contributed by atoms with van der Waals surface area (Å²) in [5.41, 5.74) is 12.1. The Morgan fingerprint density at radius 2 is 0.902 bits per heavy atom. The zero-order chi connectivity index (χ0) is 27.6. The van der Waals surface area contributed by atoms with Crippen LogP contribution in [0, 0.1) is 0 Å². The molecule has 0 fully saturated rings. The number of hydrogen-bond donors (Lipinski definition) is 0. The molecule has 2 aliphatic rings. The van der Waals surface area contributed by atoms with Gasteiger partial charge < -0.3 is 4.74 Å². The smallest absolute Gasteiger partial charge is 0.132 e. The van der Waals surface area contributed by atoms with E-state index >= 15 is 0 Å². The van der Waals surface area contributed by atoms with E-state index < -0.39 is 5.41 Å². The maximum Gasteiger partial charge on any atom is 0.132 e. The van der Waals surface area contributed by atoms with Crippen LogP contribution in [0.3, 0.4) is 0 Å². The zero-order valence-corrected chi connectivity index (χ0v) is 23.3. The maximum atomic E-state index is 6.66. The molecule has 0 aromatic heterocycles. The van der Waals surface area contributed by atoms with Gasteiger partial charge in [-0.15, -0.1) is 0 Å². The van der Waals surface area contributed by atoms with Crippen LogP contribution < -0.4 is 4.74 Å². The van der Waals surface area contributed by atoms with Gasteiger partial charge in [-0.1, -0.05) is 133 Å². The van der Waals surface area contributed by atoms with E-state index in [1.54, 1.807) is 0 Å². The topological polar surface area (TPSA) is 9.23 Å². The highest BCUT2D eigenvalue weighted by atomic mass is 16.5. The molecule has 1 heterocycles. The fourth-order valence-electron chi connectivity index (χ4n) is 7.50. The number of hydrogen-bond acceptors (Lipinski definition) is 1. The second-order valence-electron chi connectivity index (χ2n) is 11.5. The highest BCUT2D eigenvalue weighted by Gasteiger charge is 2.44. The molecule has 1 nitrogen and oxygen atoms in total. The molecular weight excluding hydrogens is 496 g/mol. The first-order chi connectivity index (χ1) is 20.1. The second kappa shape index (κ2) is 8.81. The Kier molecular flexibility index (Phi) is 5.15. The summed E-state index contributed by atoms with van der Waals surface area (Å²) in [6, 6.07) is 52.7. The second-order valence-corrected chi connectivity index (χ2v) is 11.5. The summed E-state index contributed by atoms with van der Waals surface area (Å²) in [6.45, 7) is 4.74. The minimum Gasteiger partial charge on any atom is -0.457 e. The van der Waals surface area contributed by atoms with Crippen LogP contribution >= 0.6 is 0 Å². The Labute approximate surface area is 241 Å². The first kappa shape index (κ1) is 24.0. The predicted molar refractivity (Wildman–Crippen MR) is 168 cm³/mol. The van der Waals surface area contributed by atoms with Gasteiger partial charge in [0.25, 0.3) is 0 Å². The van der Waals surface area contributed by atoms with Crippen molar-refractivity contribution in [2.45, 2.75) is 24.7 Å². The van der Waals surface area contributed by atoms with Crippen molar-refractivity contribution in [2.24, 2.45) is 0 Å². The van der Waals surface area contributed by atoms with Crippen LogP contribution in [0.4, 0.5) is 0 Å². The Bertz CT molecular complexity index is 1940. The molecule has 0 N–H and O–H groups in total. The van der Waals surface area contributed by atoms with Crippen molar-refractivity contribution in [1.29, 1.82) is 0 Å². The van der Waals surface area contributed by atoms with Crippen LogP contribution in [-0.4, -0.2) is 0 Å². The zero-order valence-electron chi connectivity index (χ0n) is 23.3. The predicted octanol–water partition coefficient (Wildman–Crippen LogP) is 10.1. The molecular formula is C40H30O. The molecule has 0 saturated heterocycles. The Morgan fingerprint density at radius 3 is 1.66 bits per heavy atom. The SMILES string of the molecule is CC1(c2ccccc2)c2ccccc2-c2c(-c3cccc4c3C(C)(c3ccccc3)c3ccccc3O4)cccc21. The monoisotopic (exact) mass is 526 g/mol. The van der Waals surface area contributed by atoms with E-state index in [0.29, 0.717) is 0 Å². The molecule has 6 aromatic rings. The quantitative estimate of drug-likeness (QED) is 0.223. The Balaban J connectivity index is 1.45. The van der Waals surface area contributed by atoms with E-state index in [0.717, 1.165) is 11.5 Å². The molecule has 1 aliphatic heterocycles. The average molecular weight is 527 g/mol. The molecule has 6 aromatic carbocycles. The van der Waals surface area contributed by atoms with Crippen molar-refractivity contribution >= 4 is 0 Å². The number of benzene rings is 6. The molecule has 0 saturated carbocycles. The summed E-state index contributed by atoms with van der Waals surface area (Å²) in [5, 5.41) is 0. The minimum absolute atomic E-state index is 0.246. The van der Waals surface area contributed by atoms with Crippen molar-refractivity contribution in [1.82, 2.24) is 0 Å². The Morgan fingerprint density at radius 1 is 0.390 bits per heavy atom. The van der Waals surface area contributed by atoms with E-state index in [1.165, 1.54) is 55.6 Å². The molecule has 1 aliphatic carbocycles. The maximum absolute atomic E-state index is 6.66. The van der Waals surface area contributed by atoms with Gasteiger partial charge in [0, 0.05) is 16.5 Å². The van der Waals surface area contributed by atoms with Crippen LogP contribution in [0.2, 0.25) is 0 Å². The lowest BCUT2D eigenvalue weighted by molar-refractivity contribution is 0.428. The van der Waals surface area contributed by atoms with Gasteiger partial charge in [0.05, 0.1) is 5.41 Å². The standard InChI is InChI=1S/C40H30O/c1-39(27-15-5-3-6-16-27)32-22-10-9-19-31(32)37-29(20-13-24-34(37)39)30-21-14-26-36-38(30)40(2,28-17-7-4-8-18-28)33-23-11-12-25-35(33)41-36/h3-26H,1-2H3. The lowest BCUT2D eigenvalue weighted by Gasteiger charge is -2.39. The third kappa shape index (κ3) is 3.24. The highest BCUT2D eigenvalue weighted by Crippen LogP contribution is 2.58. The first-order valence-corrected chi connectivity index (χ1v) is 14.4. The molecule has 196 valence electrons. The van der Waals surface area contributed by atoms with E-state index in [9.17, 15) is 0 Å². The van der Waals surface area contributed by atoms with Crippen LogP contribution in [0.15, 0.2) is 146 Å². The first-order valence-electron chi connectivity index (χ1n) is 14.4. The summed E-state index contributed by atoms with van der Waals surface area (Å²) in [6.07, 6.45) is 0. The lowest BCUT2D eigenvalue weighted by Crippen LogP contribution is -2.30. The van der Waals surface area contributed by atoms with Gasteiger partial charge in [-0.2, -0.15) is 0 Å². The lowest BCUT2D eigenvalue weighted by atomic mass is 9.67. The summed E-state index contributed by atoms with van der Waals surface area (Å²) in [5.74, 6) is 1.84. The van der Waals surface area contributed by atoms with Gasteiger partial charge in [-0.25, -0.2) is 0 Å². The number of para-hydroxylation sites is 1. The van der Waals surface area contributed by atoms with E-state index in [4.69, 9.17) is 4.74 Å². The van der Waals surface area contributed by atoms with Gasteiger partial charge in [0.2, 0.25) is 0 Å². The normalized spacial score (nSPS) is 19.9. The molecule has 0 radical (unpaired) electrons. The minimum atomic E-state index is -0.397. The van der Waals surface area contributed by atoms with Gasteiger partial charge in [0.1, 0.15) is 11.5 Å². The van der Waals surface area contributed by atoms with Gasteiger partial charge in [0.15, 0.2) is 0 Å². The van der Waals surface area contributed by atoms with Crippen molar-refractivity contribution in [3.8, 4) is 33.8 Å². The molecule has 2 atom stereocenters. The Hall–Kier alpha value is -4.88. The summed E-state index contributed by atoms with van der Waals surface area (Å²) >= 11 is 0. The third-order valence-electron chi connectivity index (χ3n) is 9.50. The molecule has 2 unspecified atom stereocenters. The van der Waals surface area contributed by atoms with Crippen LogP contribution in [0.25, 0.3) is 22.3 Å². The van der Waals surface area contributed by atoms with Crippen molar-refractivity contribution in [3.05, 3.63) is 179 Å². The molecule has 41 heavy (non-hydrogen) atoms. The molecule has 0 bridgehead atoms. The van der Waals surface area contributed by atoms with Crippen molar-refractivity contribution < 1.29 is 4.74 Å². The largest absolute Gasteiger partial charge is 0.457 e. The van der Waals surface area contributed by atoms with Crippen molar-refractivity contribution in [2.75, 3.05) is 0 Å². The van der Waals surface area contributed by atoms with Crippen LogP contribution in [-0.2, 0) is 10.8 Å². The van der Waals surface area contributed by atoms with Crippen LogP contribution in [0.5, 0.6) is 11.5 Å². The molecule has 0 amide bonds. The summed E-state index contributed by atoms with van der Waals surface area (Å²) in [4.78, 5) is 0. The number of ether oxygens (including phenoxy) is 1. The molecule has 8 rings (SSSR count). The van der Waals surface area contributed by atoms with Crippen molar-refractivity contribution in [3.63, 3.8) is 0 Å². The fourth-order valence-corrected chi connectivity index (χ4v) is 7.50. The fraction of sp³-hybridized carbons (Fsp3) is 0.100. The number of rotatable bonds is 3. The molecule has 1 heteroatoms. The van der Waals surface area contributed by atoms with Gasteiger partial charge >= 0.3 is 0 Å². The van der Waals surface area contributed by atoms with E-state index in [2.05, 4.69) is 159 Å². The van der Waals surface area contributed by atoms with E-state index in [-0.39, 0.29) is 5.41 Å². The summed E-state index contributed by atoms with van der Waals surface area (Å²) < 4.78 is 6.66. The third-order valence-corrected chi connectivity index (χ3v) is 9.50. The van der Waals surface area contributed by atoms with Gasteiger partial charge in [-0.05, 0) is 70.5 Å². The molecule has 0 spiro atoms.